The summed E-state index contributed by atoms with van der Waals surface area (Å²) in [5, 5.41) is 2.56. The van der Waals surface area contributed by atoms with Crippen molar-refractivity contribution < 1.29 is 9.47 Å². The topological polar surface area (TPSA) is 31.4 Å². The highest BCUT2D eigenvalue weighted by molar-refractivity contribution is 7.11. The quantitative estimate of drug-likeness (QED) is 0.680. The second kappa shape index (κ2) is 5.83. The molecule has 0 atom stereocenters. The van der Waals surface area contributed by atoms with Gasteiger partial charge in [0.2, 0.25) is 0 Å². The summed E-state index contributed by atoms with van der Waals surface area (Å²) in [7, 11) is 0. The highest BCUT2D eigenvalue weighted by Gasteiger charge is 2.36. The monoisotopic (exact) mass is 289 g/mol. The Hall–Kier alpha value is -1.55. The van der Waals surface area contributed by atoms with E-state index in [2.05, 4.69) is 11.9 Å². The number of aromatic nitrogens is 1. The van der Waals surface area contributed by atoms with Crippen LogP contribution in [-0.4, -0.2) is 11.6 Å². The normalized spacial score (nSPS) is 15.8. The van der Waals surface area contributed by atoms with Gasteiger partial charge in [-0.1, -0.05) is 18.3 Å². The number of nitrogens with zero attached hydrogens (tertiary/aromatic N) is 1. The minimum absolute atomic E-state index is 0.620. The molecule has 0 radical (unpaired) electrons. The van der Waals surface area contributed by atoms with E-state index < -0.39 is 0 Å². The summed E-state index contributed by atoms with van der Waals surface area (Å²) in [5.74, 6) is 1.69. The number of thiazole rings is 1. The third-order valence-electron chi connectivity index (χ3n) is 3.74. The summed E-state index contributed by atoms with van der Waals surface area (Å²) in [6.07, 6.45) is 6.91. The largest absolute Gasteiger partial charge is 0.494 e. The lowest BCUT2D eigenvalue weighted by atomic mass is 10.0. The van der Waals surface area contributed by atoms with E-state index in [0.717, 1.165) is 24.5 Å². The SMILES string of the molecule is CC1(CCCOc2ccc(Oc3nccs3)cc2)CC1. The van der Waals surface area contributed by atoms with E-state index in [-0.39, 0.29) is 0 Å². The fourth-order valence-corrected chi connectivity index (χ4v) is 2.62. The van der Waals surface area contributed by atoms with Crippen molar-refractivity contribution in [1.29, 1.82) is 0 Å². The van der Waals surface area contributed by atoms with Gasteiger partial charge in [0.1, 0.15) is 11.5 Å². The van der Waals surface area contributed by atoms with Gasteiger partial charge in [0.15, 0.2) is 0 Å². The van der Waals surface area contributed by atoms with Crippen LogP contribution in [0.3, 0.4) is 0 Å². The molecule has 2 aromatic rings. The van der Waals surface area contributed by atoms with Crippen LogP contribution in [0.15, 0.2) is 35.8 Å². The Kier molecular flexibility index (Phi) is 3.92. The molecule has 0 unspecified atom stereocenters. The lowest BCUT2D eigenvalue weighted by Gasteiger charge is -2.09. The summed E-state index contributed by atoms with van der Waals surface area (Å²) in [6.45, 7) is 3.15. The highest BCUT2D eigenvalue weighted by Crippen LogP contribution is 2.48. The van der Waals surface area contributed by atoms with E-state index in [1.54, 1.807) is 6.20 Å². The average Bonchev–Trinajstić information content (AvgIpc) is 2.98. The molecule has 3 rings (SSSR count). The number of ether oxygens (including phenoxy) is 2. The van der Waals surface area contributed by atoms with Crippen LogP contribution in [0.4, 0.5) is 0 Å². The average molecular weight is 289 g/mol. The van der Waals surface area contributed by atoms with Crippen molar-refractivity contribution in [3.63, 3.8) is 0 Å². The first-order valence-electron chi connectivity index (χ1n) is 7.04. The standard InChI is InChI=1S/C16H19NO2S/c1-16(8-9-16)7-2-11-18-13-3-5-14(6-4-13)19-15-17-10-12-20-15/h3-6,10,12H,2,7-9,11H2,1H3. The Morgan fingerprint density at radius 1 is 1.20 bits per heavy atom. The molecule has 106 valence electrons. The zero-order valence-electron chi connectivity index (χ0n) is 11.7. The summed E-state index contributed by atoms with van der Waals surface area (Å²) < 4.78 is 11.4. The van der Waals surface area contributed by atoms with Crippen LogP contribution in [0.25, 0.3) is 0 Å². The fourth-order valence-electron chi connectivity index (χ4n) is 2.12. The van der Waals surface area contributed by atoms with Gasteiger partial charge in [-0.3, -0.25) is 0 Å². The summed E-state index contributed by atoms with van der Waals surface area (Å²) in [6, 6.07) is 7.72. The van der Waals surface area contributed by atoms with Gasteiger partial charge in [-0.15, -0.1) is 0 Å². The maximum atomic E-state index is 5.75. The van der Waals surface area contributed by atoms with Crippen molar-refractivity contribution in [3.8, 4) is 16.7 Å². The smallest absolute Gasteiger partial charge is 0.278 e. The molecule has 4 heteroatoms. The molecule has 1 aliphatic carbocycles. The third-order valence-corrected chi connectivity index (χ3v) is 4.38. The van der Waals surface area contributed by atoms with Gasteiger partial charge >= 0.3 is 0 Å². The summed E-state index contributed by atoms with van der Waals surface area (Å²) >= 11 is 1.48. The van der Waals surface area contributed by atoms with Crippen molar-refractivity contribution in [2.24, 2.45) is 5.41 Å². The number of hydrogen-bond acceptors (Lipinski definition) is 4. The van der Waals surface area contributed by atoms with Crippen molar-refractivity contribution in [3.05, 3.63) is 35.8 Å². The molecule has 0 aliphatic heterocycles. The molecule has 1 aromatic heterocycles. The molecule has 1 fully saturated rings. The van der Waals surface area contributed by atoms with Crippen LogP contribution in [0.2, 0.25) is 0 Å². The number of rotatable bonds is 7. The van der Waals surface area contributed by atoms with Crippen molar-refractivity contribution in [2.75, 3.05) is 6.61 Å². The Morgan fingerprint density at radius 2 is 1.95 bits per heavy atom. The van der Waals surface area contributed by atoms with Crippen LogP contribution in [0, 0.1) is 5.41 Å². The molecule has 3 nitrogen and oxygen atoms in total. The van der Waals surface area contributed by atoms with E-state index in [1.807, 2.05) is 29.6 Å². The molecule has 1 aliphatic rings. The lowest BCUT2D eigenvalue weighted by Crippen LogP contribution is -2.01. The number of benzene rings is 1. The van der Waals surface area contributed by atoms with Gasteiger partial charge in [0.05, 0.1) is 6.61 Å². The van der Waals surface area contributed by atoms with E-state index in [4.69, 9.17) is 9.47 Å². The summed E-state index contributed by atoms with van der Waals surface area (Å²) in [5.41, 5.74) is 0.620. The predicted molar refractivity (Wildman–Crippen MR) is 80.7 cm³/mol. The highest BCUT2D eigenvalue weighted by atomic mass is 32.1. The van der Waals surface area contributed by atoms with Crippen LogP contribution in [0.1, 0.15) is 32.6 Å². The molecular weight excluding hydrogens is 270 g/mol. The molecule has 1 aromatic carbocycles. The van der Waals surface area contributed by atoms with Crippen molar-refractivity contribution >= 4 is 11.3 Å². The minimum Gasteiger partial charge on any atom is -0.494 e. The van der Waals surface area contributed by atoms with Gasteiger partial charge in [0, 0.05) is 11.6 Å². The Bertz CT molecular complexity index is 532. The predicted octanol–water partition coefficient (Wildman–Crippen LogP) is 4.89. The first-order chi connectivity index (χ1) is 9.73. The van der Waals surface area contributed by atoms with Gasteiger partial charge in [-0.05, 0) is 55.4 Å². The van der Waals surface area contributed by atoms with Crippen LogP contribution < -0.4 is 9.47 Å². The van der Waals surface area contributed by atoms with Gasteiger partial charge in [-0.25, -0.2) is 4.98 Å². The maximum absolute atomic E-state index is 5.75. The lowest BCUT2D eigenvalue weighted by molar-refractivity contribution is 0.291. The molecule has 20 heavy (non-hydrogen) atoms. The summed E-state index contributed by atoms with van der Waals surface area (Å²) in [4.78, 5) is 4.09. The van der Waals surface area contributed by atoms with Crippen molar-refractivity contribution in [1.82, 2.24) is 4.98 Å². The number of hydrogen-bond donors (Lipinski definition) is 0. The minimum atomic E-state index is 0.620. The van der Waals surface area contributed by atoms with Gasteiger partial charge in [-0.2, -0.15) is 0 Å². The molecule has 0 amide bonds. The Labute approximate surface area is 123 Å². The van der Waals surface area contributed by atoms with Crippen LogP contribution >= 0.6 is 11.3 Å². The van der Waals surface area contributed by atoms with Crippen molar-refractivity contribution in [2.45, 2.75) is 32.6 Å². The van der Waals surface area contributed by atoms with E-state index in [9.17, 15) is 0 Å². The molecule has 0 saturated heterocycles. The maximum Gasteiger partial charge on any atom is 0.278 e. The second-order valence-electron chi connectivity index (χ2n) is 5.63. The molecular formula is C16H19NO2S. The molecule has 1 heterocycles. The molecule has 1 saturated carbocycles. The van der Waals surface area contributed by atoms with Crippen LogP contribution in [0.5, 0.6) is 16.7 Å². The Balaban J connectivity index is 1.43. The van der Waals surface area contributed by atoms with E-state index in [0.29, 0.717) is 10.6 Å². The van der Waals surface area contributed by atoms with Crippen LogP contribution in [-0.2, 0) is 0 Å². The first-order valence-corrected chi connectivity index (χ1v) is 7.92. The van der Waals surface area contributed by atoms with Gasteiger partial charge in [0.25, 0.3) is 5.19 Å². The zero-order valence-corrected chi connectivity index (χ0v) is 12.5. The van der Waals surface area contributed by atoms with E-state index in [1.165, 1.54) is 30.6 Å². The molecule has 0 N–H and O–H groups in total. The first kappa shape index (κ1) is 13.4. The molecule has 0 spiro atoms. The zero-order chi connectivity index (χ0) is 13.8. The Morgan fingerprint density at radius 3 is 2.60 bits per heavy atom. The van der Waals surface area contributed by atoms with Gasteiger partial charge < -0.3 is 9.47 Å². The second-order valence-corrected chi connectivity index (χ2v) is 6.49. The fraction of sp³-hybridized carbons (Fsp3) is 0.438. The third kappa shape index (κ3) is 3.73. The van der Waals surface area contributed by atoms with E-state index >= 15 is 0 Å². The molecule has 0 bridgehead atoms.